The molecule has 1 amide bonds. The number of aryl methyl sites for hydroxylation is 3. The summed E-state index contributed by atoms with van der Waals surface area (Å²) in [6.45, 7) is 11.7. The van der Waals surface area contributed by atoms with Gasteiger partial charge in [-0.3, -0.25) is 9.59 Å². The molecule has 0 aliphatic rings. The minimum atomic E-state index is -0.00194. The zero-order valence-corrected chi connectivity index (χ0v) is 17.3. The van der Waals surface area contributed by atoms with Gasteiger partial charge in [0.2, 0.25) is 5.91 Å². The highest BCUT2D eigenvalue weighted by molar-refractivity contribution is 7.99. The van der Waals surface area contributed by atoms with Gasteiger partial charge in [0.05, 0.1) is 5.75 Å². The summed E-state index contributed by atoms with van der Waals surface area (Å²) in [4.78, 5) is 24.2. The Kier molecular flexibility index (Phi) is 6.65. The van der Waals surface area contributed by atoms with Gasteiger partial charge in [-0.1, -0.05) is 18.2 Å². The molecule has 2 rings (SSSR count). The fourth-order valence-electron chi connectivity index (χ4n) is 3.31. The first-order valence-corrected chi connectivity index (χ1v) is 9.92. The number of nitrogens with one attached hydrogen (secondary N) is 1. The SMILES string of the molecule is CC(=O)c1c(C)cc(C)c(CSCC(=O)Nc2cccc(C)c2C)c1C. The first kappa shape index (κ1) is 20.2. The van der Waals surface area contributed by atoms with E-state index in [1.54, 1.807) is 18.7 Å². The molecule has 2 aromatic rings. The second-order valence-corrected chi connectivity index (χ2v) is 7.82. The predicted molar refractivity (Wildman–Crippen MR) is 111 cm³/mol. The number of carbonyl (C=O) groups is 2. The lowest BCUT2D eigenvalue weighted by molar-refractivity contribution is -0.113. The minimum absolute atomic E-state index is 0.00194. The maximum absolute atomic E-state index is 12.3. The number of carbonyl (C=O) groups excluding carboxylic acids is 2. The Morgan fingerprint density at radius 2 is 1.65 bits per heavy atom. The number of hydrogen-bond donors (Lipinski definition) is 1. The number of anilines is 1. The quantitative estimate of drug-likeness (QED) is 0.703. The standard InChI is InChI=1S/C22H27NO2S/c1-13-8-7-9-20(16(13)4)23-21(25)12-26-11-19-14(2)10-15(3)22(17(19)5)18(6)24/h7-10H,11-12H2,1-6H3,(H,23,25). The fraction of sp³-hybridized carbons (Fsp3) is 0.364. The van der Waals surface area contributed by atoms with Gasteiger partial charge in [0, 0.05) is 17.0 Å². The topological polar surface area (TPSA) is 46.2 Å². The van der Waals surface area contributed by atoms with E-state index in [1.807, 2.05) is 45.9 Å². The molecule has 0 saturated carbocycles. The third kappa shape index (κ3) is 4.55. The molecule has 0 aliphatic carbocycles. The minimum Gasteiger partial charge on any atom is -0.325 e. The van der Waals surface area contributed by atoms with Gasteiger partial charge in [-0.15, -0.1) is 11.8 Å². The van der Waals surface area contributed by atoms with E-state index in [9.17, 15) is 9.59 Å². The van der Waals surface area contributed by atoms with E-state index in [4.69, 9.17) is 0 Å². The van der Waals surface area contributed by atoms with Crippen molar-refractivity contribution in [3.8, 4) is 0 Å². The number of rotatable bonds is 6. The Morgan fingerprint density at radius 1 is 0.962 bits per heavy atom. The van der Waals surface area contributed by atoms with Gasteiger partial charge in [-0.2, -0.15) is 0 Å². The van der Waals surface area contributed by atoms with Crippen molar-refractivity contribution < 1.29 is 9.59 Å². The smallest absolute Gasteiger partial charge is 0.234 e. The van der Waals surface area contributed by atoms with Crippen molar-refractivity contribution in [2.45, 2.75) is 47.3 Å². The molecule has 138 valence electrons. The molecule has 0 atom stereocenters. The lowest BCUT2D eigenvalue weighted by Crippen LogP contribution is -2.15. The number of amides is 1. The molecule has 0 heterocycles. The molecule has 0 saturated heterocycles. The lowest BCUT2D eigenvalue weighted by Gasteiger charge is -2.16. The van der Waals surface area contributed by atoms with Crippen molar-refractivity contribution in [1.82, 2.24) is 0 Å². The largest absolute Gasteiger partial charge is 0.325 e. The van der Waals surface area contributed by atoms with E-state index in [1.165, 1.54) is 5.56 Å². The Hall–Kier alpha value is -2.07. The van der Waals surface area contributed by atoms with Crippen LogP contribution in [0.3, 0.4) is 0 Å². The van der Waals surface area contributed by atoms with Crippen molar-refractivity contribution in [2.24, 2.45) is 0 Å². The summed E-state index contributed by atoms with van der Waals surface area (Å²) in [5, 5.41) is 2.99. The van der Waals surface area contributed by atoms with Crippen LogP contribution in [-0.2, 0) is 10.5 Å². The first-order chi connectivity index (χ1) is 12.2. The molecule has 0 fully saturated rings. The number of thioether (sulfide) groups is 1. The summed E-state index contributed by atoms with van der Waals surface area (Å²) >= 11 is 1.58. The summed E-state index contributed by atoms with van der Waals surface area (Å²) in [5.41, 5.74) is 8.34. The fourth-order valence-corrected chi connectivity index (χ4v) is 4.32. The van der Waals surface area contributed by atoms with Crippen molar-refractivity contribution >= 4 is 29.1 Å². The molecule has 3 nitrogen and oxygen atoms in total. The molecular formula is C22H27NO2S. The van der Waals surface area contributed by atoms with Gasteiger partial charge in [0.1, 0.15) is 0 Å². The third-order valence-electron chi connectivity index (χ3n) is 4.84. The van der Waals surface area contributed by atoms with Crippen LogP contribution in [0, 0.1) is 34.6 Å². The van der Waals surface area contributed by atoms with Crippen LogP contribution in [-0.4, -0.2) is 17.4 Å². The molecule has 0 radical (unpaired) electrons. The second-order valence-electron chi connectivity index (χ2n) is 6.83. The Balaban J connectivity index is 2.04. The number of Topliss-reactive ketones (excluding diaryl/α,β-unsaturated/α-hetero) is 1. The number of ketones is 1. The van der Waals surface area contributed by atoms with Gasteiger partial charge in [0.25, 0.3) is 0 Å². The van der Waals surface area contributed by atoms with Gasteiger partial charge >= 0.3 is 0 Å². The van der Waals surface area contributed by atoms with Crippen molar-refractivity contribution in [3.63, 3.8) is 0 Å². The van der Waals surface area contributed by atoms with E-state index in [0.717, 1.165) is 44.8 Å². The molecule has 0 aromatic heterocycles. The van der Waals surface area contributed by atoms with Crippen LogP contribution < -0.4 is 5.32 Å². The maximum atomic E-state index is 12.3. The third-order valence-corrected chi connectivity index (χ3v) is 5.80. The summed E-state index contributed by atoms with van der Waals surface area (Å²) in [7, 11) is 0. The number of benzene rings is 2. The lowest BCUT2D eigenvalue weighted by atomic mass is 9.92. The molecule has 0 bridgehead atoms. The zero-order chi connectivity index (χ0) is 19.4. The van der Waals surface area contributed by atoms with Crippen LogP contribution in [0.5, 0.6) is 0 Å². The maximum Gasteiger partial charge on any atom is 0.234 e. The second kappa shape index (κ2) is 8.54. The first-order valence-electron chi connectivity index (χ1n) is 8.76. The summed E-state index contributed by atoms with van der Waals surface area (Å²) < 4.78 is 0. The molecule has 0 spiro atoms. The Bertz CT molecular complexity index is 856. The normalized spacial score (nSPS) is 10.7. The summed E-state index contributed by atoms with van der Waals surface area (Å²) in [5.74, 6) is 1.20. The Labute approximate surface area is 160 Å². The molecule has 2 aromatic carbocycles. The van der Waals surface area contributed by atoms with E-state index >= 15 is 0 Å². The monoisotopic (exact) mass is 369 g/mol. The highest BCUT2D eigenvalue weighted by Crippen LogP contribution is 2.26. The van der Waals surface area contributed by atoms with Crippen LogP contribution in [0.1, 0.15) is 50.7 Å². The van der Waals surface area contributed by atoms with E-state index < -0.39 is 0 Å². The molecule has 0 unspecified atom stereocenters. The zero-order valence-electron chi connectivity index (χ0n) is 16.4. The van der Waals surface area contributed by atoms with Gasteiger partial charge in [-0.05, 0) is 81.0 Å². The van der Waals surface area contributed by atoms with E-state index in [-0.39, 0.29) is 11.7 Å². The number of hydrogen-bond acceptors (Lipinski definition) is 3. The van der Waals surface area contributed by atoms with E-state index in [2.05, 4.69) is 18.3 Å². The van der Waals surface area contributed by atoms with Gasteiger partial charge in [-0.25, -0.2) is 0 Å². The van der Waals surface area contributed by atoms with Crippen molar-refractivity contribution in [2.75, 3.05) is 11.1 Å². The predicted octanol–water partition coefficient (Wildman–Crippen LogP) is 5.30. The van der Waals surface area contributed by atoms with Crippen LogP contribution in [0.4, 0.5) is 5.69 Å². The molecule has 26 heavy (non-hydrogen) atoms. The molecular weight excluding hydrogens is 342 g/mol. The molecule has 0 aliphatic heterocycles. The van der Waals surface area contributed by atoms with Gasteiger partial charge < -0.3 is 5.32 Å². The van der Waals surface area contributed by atoms with Crippen LogP contribution in [0.2, 0.25) is 0 Å². The van der Waals surface area contributed by atoms with E-state index in [0.29, 0.717) is 5.75 Å². The Morgan fingerprint density at radius 3 is 2.31 bits per heavy atom. The van der Waals surface area contributed by atoms with Crippen LogP contribution in [0.25, 0.3) is 0 Å². The highest BCUT2D eigenvalue weighted by Gasteiger charge is 2.15. The van der Waals surface area contributed by atoms with Crippen molar-refractivity contribution in [3.05, 3.63) is 63.2 Å². The van der Waals surface area contributed by atoms with Crippen LogP contribution >= 0.6 is 11.8 Å². The molecule has 4 heteroatoms. The highest BCUT2D eigenvalue weighted by atomic mass is 32.2. The average Bonchev–Trinajstić information content (AvgIpc) is 2.54. The van der Waals surface area contributed by atoms with Crippen molar-refractivity contribution in [1.29, 1.82) is 0 Å². The molecule has 1 N–H and O–H groups in total. The summed E-state index contributed by atoms with van der Waals surface area (Å²) in [6.07, 6.45) is 0. The summed E-state index contributed by atoms with van der Waals surface area (Å²) in [6, 6.07) is 7.98. The average molecular weight is 370 g/mol. The van der Waals surface area contributed by atoms with Gasteiger partial charge in [0.15, 0.2) is 5.78 Å². The van der Waals surface area contributed by atoms with Crippen LogP contribution in [0.15, 0.2) is 24.3 Å².